The van der Waals surface area contributed by atoms with Crippen LogP contribution >= 0.6 is 0 Å². The highest BCUT2D eigenvalue weighted by molar-refractivity contribution is 5.19. The number of nitrogens with two attached hydrogens (primary N) is 1. The van der Waals surface area contributed by atoms with E-state index >= 15 is 0 Å². The molecule has 1 atom stereocenters. The van der Waals surface area contributed by atoms with Gasteiger partial charge in [0.05, 0.1) is 18.9 Å². The fourth-order valence-corrected chi connectivity index (χ4v) is 3.55. The second-order valence-electron chi connectivity index (χ2n) is 5.25. The lowest BCUT2D eigenvalue weighted by Gasteiger charge is -2.48. The Morgan fingerprint density at radius 2 is 1.95 bits per heavy atom. The number of hydrogen-bond acceptors (Lipinski definition) is 4. The molecule has 1 aliphatic rings. The predicted molar refractivity (Wildman–Crippen MR) is 80.6 cm³/mol. The minimum Gasteiger partial charge on any atom is -0.501 e. The van der Waals surface area contributed by atoms with Crippen molar-refractivity contribution in [3.05, 3.63) is 11.8 Å². The third-order valence-electron chi connectivity index (χ3n) is 4.65. The Balaban J connectivity index is 3.08. The summed E-state index contributed by atoms with van der Waals surface area (Å²) in [6, 6.07) is 0.169. The summed E-state index contributed by atoms with van der Waals surface area (Å²) < 4.78 is 5.52. The third-order valence-corrected chi connectivity index (χ3v) is 4.65. The van der Waals surface area contributed by atoms with E-state index in [4.69, 9.17) is 10.6 Å². The van der Waals surface area contributed by atoms with Crippen molar-refractivity contribution < 1.29 is 4.74 Å². The van der Waals surface area contributed by atoms with E-state index in [0.717, 1.165) is 45.4 Å². The van der Waals surface area contributed by atoms with E-state index in [9.17, 15) is 0 Å². The molecule has 0 aromatic heterocycles. The molecular formula is C15H31N3O. The number of hydrogen-bond donors (Lipinski definition) is 2. The fourth-order valence-electron chi connectivity index (χ4n) is 3.55. The molecule has 0 fully saturated rings. The first-order valence-corrected chi connectivity index (χ1v) is 7.71. The summed E-state index contributed by atoms with van der Waals surface area (Å²) in [5.74, 6) is 5.91. The molecule has 1 aliphatic heterocycles. The highest BCUT2D eigenvalue weighted by atomic mass is 16.5. The summed E-state index contributed by atoms with van der Waals surface area (Å²) in [5, 5.41) is 0. The van der Waals surface area contributed by atoms with E-state index in [1.807, 2.05) is 6.26 Å². The zero-order chi connectivity index (χ0) is 14.3. The van der Waals surface area contributed by atoms with Crippen LogP contribution in [0.4, 0.5) is 0 Å². The maximum atomic E-state index is 5.91. The molecule has 1 unspecified atom stereocenters. The molecule has 0 amide bonds. The molecule has 4 heteroatoms. The number of nitrogens with zero attached hydrogens (tertiary/aromatic N) is 1. The standard InChI is InChI=1S/C15H31N3O/c1-5-15(6-2,18(7-3)8-4)14(17-16)13-10-9-11-19-12-13/h12,14,17H,5-11,16H2,1-4H3. The first kappa shape index (κ1) is 16.5. The van der Waals surface area contributed by atoms with Gasteiger partial charge in [0.2, 0.25) is 0 Å². The van der Waals surface area contributed by atoms with Gasteiger partial charge in [-0.05, 0) is 44.3 Å². The second-order valence-corrected chi connectivity index (χ2v) is 5.25. The molecule has 0 bridgehead atoms. The third kappa shape index (κ3) is 3.30. The normalized spacial score (nSPS) is 18.1. The lowest BCUT2D eigenvalue weighted by molar-refractivity contribution is 0.0564. The van der Waals surface area contributed by atoms with Gasteiger partial charge in [-0.3, -0.25) is 16.2 Å². The highest BCUT2D eigenvalue weighted by Gasteiger charge is 2.41. The molecule has 112 valence electrons. The molecule has 1 rings (SSSR count). The lowest BCUT2D eigenvalue weighted by atomic mass is 9.78. The van der Waals surface area contributed by atoms with Gasteiger partial charge in [0.25, 0.3) is 0 Å². The van der Waals surface area contributed by atoms with Gasteiger partial charge in [-0.15, -0.1) is 0 Å². The molecule has 19 heavy (non-hydrogen) atoms. The van der Waals surface area contributed by atoms with Gasteiger partial charge < -0.3 is 4.74 Å². The lowest BCUT2D eigenvalue weighted by Crippen LogP contribution is -2.63. The van der Waals surface area contributed by atoms with Crippen LogP contribution in [0, 0.1) is 0 Å². The number of hydrazine groups is 1. The Hall–Kier alpha value is -0.580. The van der Waals surface area contributed by atoms with Crippen molar-refractivity contribution in [2.24, 2.45) is 5.84 Å². The van der Waals surface area contributed by atoms with Crippen molar-refractivity contribution in [3.8, 4) is 0 Å². The minimum absolute atomic E-state index is 0.0742. The molecule has 0 saturated heterocycles. The van der Waals surface area contributed by atoms with Gasteiger partial charge in [0.15, 0.2) is 0 Å². The number of rotatable bonds is 8. The molecule has 0 spiro atoms. The van der Waals surface area contributed by atoms with Crippen LogP contribution in [0.5, 0.6) is 0 Å². The fraction of sp³-hybridized carbons (Fsp3) is 0.867. The van der Waals surface area contributed by atoms with Crippen LogP contribution in [0.1, 0.15) is 53.4 Å². The number of nitrogens with one attached hydrogen (secondary N) is 1. The summed E-state index contributed by atoms with van der Waals surface area (Å²) >= 11 is 0. The Labute approximate surface area is 118 Å². The summed E-state index contributed by atoms with van der Waals surface area (Å²) in [6.45, 7) is 11.9. The maximum absolute atomic E-state index is 5.91. The molecule has 0 saturated carbocycles. The molecule has 3 N–H and O–H groups in total. The van der Waals surface area contributed by atoms with E-state index < -0.39 is 0 Å². The first-order valence-electron chi connectivity index (χ1n) is 7.71. The SMILES string of the molecule is CCN(CC)C(CC)(CC)C(NN)C1=COCCC1. The van der Waals surface area contributed by atoms with Crippen LogP contribution in [-0.4, -0.2) is 36.2 Å². The molecular weight excluding hydrogens is 238 g/mol. The van der Waals surface area contributed by atoms with Crippen molar-refractivity contribution in [1.82, 2.24) is 10.3 Å². The minimum atomic E-state index is 0.0742. The van der Waals surface area contributed by atoms with Crippen LogP contribution in [-0.2, 0) is 4.74 Å². The summed E-state index contributed by atoms with van der Waals surface area (Å²) in [5.41, 5.74) is 4.46. The second kappa shape index (κ2) is 7.88. The van der Waals surface area contributed by atoms with Gasteiger partial charge in [-0.25, -0.2) is 0 Å². The summed E-state index contributed by atoms with van der Waals surface area (Å²) in [7, 11) is 0. The van der Waals surface area contributed by atoms with E-state index in [1.165, 1.54) is 5.57 Å². The Morgan fingerprint density at radius 1 is 1.32 bits per heavy atom. The van der Waals surface area contributed by atoms with Crippen molar-refractivity contribution in [2.45, 2.75) is 65.0 Å². The largest absolute Gasteiger partial charge is 0.501 e. The molecule has 0 aromatic rings. The zero-order valence-corrected chi connectivity index (χ0v) is 13.0. The van der Waals surface area contributed by atoms with E-state index in [1.54, 1.807) is 0 Å². The average Bonchev–Trinajstić information content (AvgIpc) is 2.48. The molecule has 1 heterocycles. The van der Waals surface area contributed by atoms with E-state index in [0.29, 0.717) is 0 Å². The van der Waals surface area contributed by atoms with Gasteiger partial charge in [-0.2, -0.15) is 0 Å². The topological polar surface area (TPSA) is 50.5 Å². The smallest absolute Gasteiger partial charge is 0.0876 e. The van der Waals surface area contributed by atoms with Crippen molar-refractivity contribution in [2.75, 3.05) is 19.7 Å². The van der Waals surface area contributed by atoms with E-state index in [-0.39, 0.29) is 11.6 Å². The Morgan fingerprint density at radius 3 is 2.32 bits per heavy atom. The van der Waals surface area contributed by atoms with Gasteiger partial charge >= 0.3 is 0 Å². The first-order chi connectivity index (χ1) is 9.19. The molecule has 0 radical (unpaired) electrons. The van der Waals surface area contributed by atoms with Gasteiger partial charge in [0, 0.05) is 5.54 Å². The Bertz CT molecular complexity index is 283. The molecule has 4 nitrogen and oxygen atoms in total. The highest BCUT2D eigenvalue weighted by Crippen LogP contribution is 2.33. The van der Waals surface area contributed by atoms with Crippen LogP contribution in [0.25, 0.3) is 0 Å². The maximum Gasteiger partial charge on any atom is 0.0876 e. The van der Waals surface area contributed by atoms with Crippen molar-refractivity contribution in [1.29, 1.82) is 0 Å². The average molecular weight is 269 g/mol. The van der Waals surface area contributed by atoms with Crippen molar-refractivity contribution in [3.63, 3.8) is 0 Å². The summed E-state index contributed by atoms with van der Waals surface area (Å²) in [4.78, 5) is 2.53. The molecule has 0 aliphatic carbocycles. The van der Waals surface area contributed by atoms with Crippen LogP contribution in [0.15, 0.2) is 11.8 Å². The predicted octanol–water partition coefficient (Wildman–Crippen LogP) is 2.41. The molecule has 0 aromatic carbocycles. The van der Waals surface area contributed by atoms with Gasteiger partial charge in [0.1, 0.15) is 0 Å². The van der Waals surface area contributed by atoms with Crippen LogP contribution < -0.4 is 11.3 Å². The monoisotopic (exact) mass is 269 g/mol. The van der Waals surface area contributed by atoms with E-state index in [2.05, 4.69) is 38.0 Å². The van der Waals surface area contributed by atoms with Crippen molar-refractivity contribution >= 4 is 0 Å². The van der Waals surface area contributed by atoms with Gasteiger partial charge in [-0.1, -0.05) is 27.7 Å². The van der Waals surface area contributed by atoms with Crippen LogP contribution in [0.2, 0.25) is 0 Å². The number of ether oxygens (including phenoxy) is 1. The zero-order valence-electron chi connectivity index (χ0n) is 13.0. The quantitative estimate of drug-likeness (QED) is 0.525. The Kier molecular flexibility index (Phi) is 6.83. The number of likely N-dealkylation sites (N-methyl/N-ethyl adjacent to an activating group) is 1. The summed E-state index contributed by atoms with van der Waals surface area (Å²) in [6.07, 6.45) is 6.26. The van der Waals surface area contributed by atoms with Crippen LogP contribution in [0.3, 0.4) is 0 Å².